The lowest BCUT2D eigenvalue weighted by Gasteiger charge is -2.07. The predicted molar refractivity (Wildman–Crippen MR) is 115 cm³/mol. The minimum atomic E-state index is 0.0661. The molecule has 3 aromatic carbocycles. The molecule has 0 saturated carbocycles. The van der Waals surface area contributed by atoms with Crippen LogP contribution in [-0.2, 0) is 0 Å². The quantitative estimate of drug-likeness (QED) is 0.360. The third kappa shape index (κ3) is 5.61. The van der Waals surface area contributed by atoms with Gasteiger partial charge in [0.15, 0.2) is 5.96 Å². The SMILES string of the molecule is CNc1ccc(-c2ccc(-c3ccc(N=C(N)N)cc3)cc2)cc1.N=CN. The molecule has 0 radical (unpaired) electrons. The van der Waals surface area contributed by atoms with Crippen LogP contribution in [0.1, 0.15) is 0 Å². The van der Waals surface area contributed by atoms with E-state index in [0.717, 1.165) is 28.8 Å². The molecule has 0 fully saturated rings. The van der Waals surface area contributed by atoms with Crippen LogP contribution in [0.5, 0.6) is 0 Å². The second-order valence-corrected chi connectivity index (χ2v) is 5.65. The average Bonchev–Trinajstić information content (AvgIpc) is 2.69. The number of hydrogen-bond acceptors (Lipinski definition) is 3. The van der Waals surface area contributed by atoms with E-state index < -0.39 is 0 Å². The molecule has 6 nitrogen and oxygen atoms in total. The summed E-state index contributed by atoms with van der Waals surface area (Å²) in [7, 11) is 1.92. The smallest absolute Gasteiger partial charge is 0.191 e. The van der Waals surface area contributed by atoms with Crippen molar-refractivity contribution in [1.29, 1.82) is 5.41 Å². The minimum Gasteiger partial charge on any atom is -0.390 e. The lowest BCUT2D eigenvalue weighted by Crippen LogP contribution is -2.21. The summed E-state index contributed by atoms with van der Waals surface area (Å²) in [6.07, 6.45) is 0.750. The number of nitrogens with zero attached hydrogens (tertiary/aromatic N) is 1. The van der Waals surface area contributed by atoms with Gasteiger partial charge in [-0.05, 0) is 46.5 Å². The first-order valence-corrected chi connectivity index (χ1v) is 8.36. The number of rotatable bonds is 4. The van der Waals surface area contributed by atoms with Gasteiger partial charge in [-0.2, -0.15) is 0 Å². The molecule has 0 aromatic heterocycles. The zero-order valence-electron chi connectivity index (χ0n) is 15.2. The first-order chi connectivity index (χ1) is 13.1. The highest BCUT2D eigenvalue weighted by atomic mass is 15.0. The highest BCUT2D eigenvalue weighted by molar-refractivity contribution is 5.79. The number of nitrogens with one attached hydrogen (secondary N) is 2. The van der Waals surface area contributed by atoms with Gasteiger partial charge in [-0.15, -0.1) is 0 Å². The van der Waals surface area contributed by atoms with E-state index >= 15 is 0 Å². The number of hydrogen-bond donors (Lipinski definition) is 5. The van der Waals surface area contributed by atoms with Gasteiger partial charge in [-0.1, -0.05) is 48.5 Å². The molecule has 0 spiro atoms. The van der Waals surface area contributed by atoms with Gasteiger partial charge in [0.1, 0.15) is 0 Å². The standard InChI is InChI=1S/C20H20N4.CH4N2/c1-23-18-10-6-16(7-11-18)14-2-4-15(5-3-14)17-8-12-19(13-9-17)24-20(21)22;2-1-3/h2-13,23H,1H3,(H4,21,22,24);1H,(H3,2,3). The van der Waals surface area contributed by atoms with Crippen molar-refractivity contribution in [3.05, 3.63) is 72.8 Å². The van der Waals surface area contributed by atoms with Crippen LogP contribution in [0.25, 0.3) is 22.3 Å². The Morgan fingerprint density at radius 3 is 1.44 bits per heavy atom. The fourth-order valence-corrected chi connectivity index (χ4v) is 2.56. The Kier molecular flexibility index (Phi) is 6.96. The van der Waals surface area contributed by atoms with Gasteiger partial charge in [0.25, 0.3) is 0 Å². The molecule has 0 atom stereocenters. The van der Waals surface area contributed by atoms with Crippen molar-refractivity contribution < 1.29 is 0 Å². The van der Waals surface area contributed by atoms with Gasteiger partial charge in [0.2, 0.25) is 0 Å². The van der Waals surface area contributed by atoms with Gasteiger partial charge in [-0.25, -0.2) is 4.99 Å². The van der Waals surface area contributed by atoms with Gasteiger partial charge >= 0.3 is 0 Å². The van der Waals surface area contributed by atoms with Crippen LogP contribution in [0, 0.1) is 5.41 Å². The number of benzene rings is 3. The lowest BCUT2D eigenvalue weighted by molar-refractivity contribution is 1.42. The molecule has 0 bridgehead atoms. The maximum atomic E-state index is 5.86. The van der Waals surface area contributed by atoms with Crippen LogP contribution in [0.4, 0.5) is 11.4 Å². The van der Waals surface area contributed by atoms with Crippen LogP contribution < -0.4 is 22.5 Å². The van der Waals surface area contributed by atoms with E-state index in [1.54, 1.807) is 0 Å². The van der Waals surface area contributed by atoms with Gasteiger partial charge in [0.05, 0.1) is 12.0 Å². The molecule has 0 amide bonds. The Balaban J connectivity index is 0.000000817. The molecule has 0 aliphatic rings. The number of nitrogens with two attached hydrogens (primary N) is 3. The second-order valence-electron chi connectivity index (χ2n) is 5.65. The molecule has 3 aromatic rings. The molecule has 27 heavy (non-hydrogen) atoms. The summed E-state index contributed by atoms with van der Waals surface area (Å²) in [4.78, 5) is 4.03. The average molecular weight is 360 g/mol. The topological polar surface area (TPSA) is 126 Å². The molecule has 3 rings (SSSR count). The van der Waals surface area contributed by atoms with Gasteiger partial charge < -0.3 is 22.5 Å². The summed E-state index contributed by atoms with van der Waals surface area (Å²) in [6.45, 7) is 0. The highest BCUT2D eigenvalue weighted by Crippen LogP contribution is 2.27. The Morgan fingerprint density at radius 2 is 1.11 bits per heavy atom. The summed E-state index contributed by atoms with van der Waals surface area (Å²) < 4.78 is 0. The molecule has 0 saturated heterocycles. The summed E-state index contributed by atoms with van der Waals surface area (Å²) >= 11 is 0. The van der Waals surface area contributed by atoms with Crippen molar-refractivity contribution >= 4 is 23.7 Å². The van der Waals surface area contributed by atoms with Crippen LogP contribution >= 0.6 is 0 Å². The summed E-state index contributed by atoms with van der Waals surface area (Å²) in [5.74, 6) is 0.0661. The number of guanidine groups is 1. The fourth-order valence-electron chi connectivity index (χ4n) is 2.56. The Bertz CT molecular complexity index is 877. The van der Waals surface area contributed by atoms with Crippen molar-refractivity contribution in [3.8, 4) is 22.3 Å². The molecular formula is C21H24N6. The van der Waals surface area contributed by atoms with Crippen molar-refractivity contribution in [2.24, 2.45) is 22.2 Å². The van der Waals surface area contributed by atoms with Crippen LogP contribution in [0.3, 0.4) is 0 Å². The van der Waals surface area contributed by atoms with E-state index in [0.29, 0.717) is 0 Å². The maximum absolute atomic E-state index is 5.86. The Labute approximate surface area is 159 Å². The number of anilines is 1. The molecule has 8 N–H and O–H groups in total. The van der Waals surface area contributed by atoms with Crippen molar-refractivity contribution in [3.63, 3.8) is 0 Å². The van der Waals surface area contributed by atoms with Crippen LogP contribution in [0.2, 0.25) is 0 Å². The third-order valence-electron chi connectivity index (χ3n) is 3.85. The molecular weight excluding hydrogens is 336 g/mol. The van der Waals surface area contributed by atoms with E-state index in [4.69, 9.17) is 16.9 Å². The largest absolute Gasteiger partial charge is 0.390 e. The van der Waals surface area contributed by atoms with E-state index in [1.165, 1.54) is 11.1 Å². The second kappa shape index (κ2) is 9.62. The van der Waals surface area contributed by atoms with E-state index in [1.807, 2.05) is 31.3 Å². The van der Waals surface area contributed by atoms with Crippen LogP contribution in [-0.4, -0.2) is 19.3 Å². The summed E-state index contributed by atoms with van der Waals surface area (Å²) in [5.41, 5.74) is 21.7. The third-order valence-corrected chi connectivity index (χ3v) is 3.85. The molecule has 0 aliphatic heterocycles. The Hall–Kier alpha value is -3.80. The normalized spacial score (nSPS) is 9.52. The first-order valence-electron chi connectivity index (χ1n) is 8.36. The monoisotopic (exact) mass is 360 g/mol. The molecule has 138 valence electrons. The molecule has 0 unspecified atom stereocenters. The van der Waals surface area contributed by atoms with Crippen molar-refractivity contribution in [1.82, 2.24) is 0 Å². The molecule has 0 heterocycles. The fraction of sp³-hybridized carbons (Fsp3) is 0.0476. The summed E-state index contributed by atoms with van der Waals surface area (Å²) in [6, 6.07) is 24.7. The zero-order valence-corrected chi connectivity index (χ0v) is 15.2. The van der Waals surface area contributed by atoms with Gasteiger partial charge in [0, 0.05) is 12.7 Å². The van der Waals surface area contributed by atoms with Gasteiger partial charge in [-0.3, -0.25) is 5.41 Å². The minimum absolute atomic E-state index is 0.0661. The Morgan fingerprint density at radius 1 is 0.778 bits per heavy atom. The lowest BCUT2D eigenvalue weighted by atomic mass is 10.00. The zero-order chi connectivity index (χ0) is 19.6. The van der Waals surface area contributed by atoms with E-state index in [2.05, 4.69) is 64.6 Å². The van der Waals surface area contributed by atoms with Crippen LogP contribution in [0.15, 0.2) is 77.8 Å². The van der Waals surface area contributed by atoms with Crippen molar-refractivity contribution in [2.45, 2.75) is 0 Å². The summed E-state index contributed by atoms with van der Waals surface area (Å²) in [5, 5.41) is 8.99. The predicted octanol–water partition coefficient (Wildman–Crippen LogP) is 3.52. The van der Waals surface area contributed by atoms with E-state index in [-0.39, 0.29) is 5.96 Å². The maximum Gasteiger partial charge on any atom is 0.191 e. The van der Waals surface area contributed by atoms with E-state index in [9.17, 15) is 0 Å². The molecule has 0 aliphatic carbocycles. The number of aliphatic imine (C=N–C) groups is 1. The first kappa shape index (κ1) is 19.5. The molecule has 6 heteroatoms. The highest BCUT2D eigenvalue weighted by Gasteiger charge is 2.01. The van der Waals surface area contributed by atoms with Crippen molar-refractivity contribution in [2.75, 3.05) is 12.4 Å².